The molecule has 2 aromatic heterocycles. The molecule has 134 valence electrons. The number of amides is 1. The van der Waals surface area contributed by atoms with Gasteiger partial charge in [0.15, 0.2) is 5.65 Å². The standard InChI is InChI=1S/C17H14ClFN4O3/c1-2-26-14(24)8-13-22-15-10(5-6-20-16(15)23-13)17(25)21-9-3-4-12(19)11(18)7-9/h3-7H,2,8H2,1H3,(H,21,25)(H,20,22,23). The van der Waals surface area contributed by atoms with Crippen LogP contribution in [0.4, 0.5) is 10.1 Å². The van der Waals surface area contributed by atoms with E-state index in [1.54, 1.807) is 6.92 Å². The van der Waals surface area contributed by atoms with E-state index in [1.165, 1.54) is 24.4 Å². The maximum Gasteiger partial charge on any atom is 0.313 e. The Balaban J connectivity index is 1.86. The van der Waals surface area contributed by atoms with Crippen LogP contribution in [-0.4, -0.2) is 33.4 Å². The molecule has 2 N–H and O–H groups in total. The summed E-state index contributed by atoms with van der Waals surface area (Å²) in [5.74, 6) is -1.12. The molecule has 0 saturated heterocycles. The highest BCUT2D eigenvalue weighted by Gasteiger charge is 2.16. The maximum atomic E-state index is 13.2. The summed E-state index contributed by atoms with van der Waals surface area (Å²) in [6, 6.07) is 5.38. The minimum atomic E-state index is -0.576. The van der Waals surface area contributed by atoms with Crippen molar-refractivity contribution in [1.82, 2.24) is 15.0 Å². The number of halogens is 2. The molecule has 0 bridgehead atoms. The second-order valence-corrected chi connectivity index (χ2v) is 5.71. The molecule has 1 amide bonds. The Hall–Kier alpha value is -3.00. The summed E-state index contributed by atoms with van der Waals surface area (Å²) in [4.78, 5) is 35.3. The molecule has 1 aromatic carbocycles. The SMILES string of the molecule is CCOC(=O)Cc1nc2nccc(C(=O)Nc3ccc(F)c(Cl)c3)c2[nH]1. The highest BCUT2D eigenvalue weighted by molar-refractivity contribution is 6.31. The second kappa shape index (κ2) is 7.49. The van der Waals surface area contributed by atoms with Gasteiger partial charge in [-0.1, -0.05) is 11.6 Å². The molecule has 0 fully saturated rings. The van der Waals surface area contributed by atoms with Crippen LogP contribution in [0.1, 0.15) is 23.1 Å². The van der Waals surface area contributed by atoms with E-state index in [0.717, 1.165) is 6.07 Å². The Kier molecular flexibility index (Phi) is 5.13. The third kappa shape index (κ3) is 3.80. The van der Waals surface area contributed by atoms with E-state index in [9.17, 15) is 14.0 Å². The van der Waals surface area contributed by atoms with Crippen molar-refractivity contribution >= 4 is 40.3 Å². The molecule has 2 heterocycles. The van der Waals surface area contributed by atoms with Gasteiger partial charge in [-0.05, 0) is 31.2 Å². The predicted molar refractivity (Wildman–Crippen MR) is 93.6 cm³/mol. The van der Waals surface area contributed by atoms with Gasteiger partial charge in [-0.15, -0.1) is 0 Å². The molecular formula is C17H14ClFN4O3. The molecule has 0 aliphatic carbocycles. The molecule has 3 aromatic rings. The average Bonchev–Trinajstić information content (AvgIpc) is 3.00. The van der Waals surface area contributed by atoms with Crippen molar-refractivity contribution in [3.63, 3.8) is 0 Å². The number of ether oxygens (including phenoxy) is 1. The largest absolute Gasteiger partial charge is 0.466 e. The van der Waals surface area contributed by atoms with Gasteiger partial charge in [0, 0.05) is 11.9 Å². The summed E-state index contributed by atoms with van der Waals surface area (Å²) in [5.41, 5.74) is 1.31. The Morgan fingerprint density at radius 2 is 2.15 bits per heavy atom. The number of hydrogen-bond acceptors (Lipinski definition) is 5. The van der Waals surface area contributed by atoms with E-state index in [0.29, 0.717) is 22.7 Å². The summed E-state index contributed by atoms with van der Waals surface area (Å²) < 4.78 is 18.1. The van der Waals surface area contributed by atoms with Gasteiger partial charge in [-0.2, -0.15) is 0 Å². The first-order valence-electron chi connectivity index (χ1n) is 7.73. The van der Waals surface area contributed by atoms with Crippen molar-refractivity contribution in [3.05, 3.63) is 52.7 Å². The maximum absolute atomic E-state index is 13.2. The molecule has 0 unspecified atom stereocenters. The molecule has 26 heavy (non-hydrogen) atoms. The number of nitrogens with zero attached hydrogens (tertiary/aromatic N) is 2. The molecule has 0 aliphatic rings. The van der Waals surface area contributed by atoms with Crippen molar-refractivity contribution in [2.24, 2.45) is 0 Å². The number of carbonyl (C=O) groups is 2. The molecule has 0 atom stereocenters. The lowest BCUT2D eigenvalue weighted by Crippen LogP contribution is -2.13. The molecule has 0 spiro atoms. The van der Waals surface area contributed by atoms with Gasteiger partial charge < -0.3 is 15.0 Å². The van der Waals surface area contributed by atoms with E-state index >= 15 is 0 Å². The quantitative estimate of drug-likeness (QED) is 0.667. The van der Waals surface area contributed by atoms with Crippen LogP contribution in [0.5, 0.6) is 0 Å². The van der Waals surface area contributed by atoms with Gasteiger partial charge >= 0.3 is 5.97 Å². The minimum absolute atomic E-state index is 0.0567. The van der Waals surface area contributed by atoms with E-state index in [4.69, 9.17) is 16.3 Å². The summed E-state index contributed by atoms with van der Waals surface area (Å²) in [6.07, 6.45) is 1.38. The van der Waals surface area contributed by atoms with Crippen molar-refractivity contribution in [1.29, 1.82) is 0 Å². The number of fused-ring (bicyclic) bond motifs is 1. The molecule has 7 nitrogen and oxygen atoms in total. The van der Waals surface area contributed by atoms with E-state index < -0.39 is 17.7 Å². The Morgan fingerprint density at radius 3 is 2.88 bits per heavy atom. The van der Waals surface area contributed by atoms with Crippen LogP contribution in [0, 0.1) is 5.82 Å². The van der Waals surface area contributed by atoms with Crippen LogP contribution in [0.25, 0.3) is 11.2 Å². The van der Waals surface area contributed by atoms with Gasteiger partial charge in [0.1, 0.15) is 18.1 Å². The third-order valence-electron chi connectivity index (χ3n) is 3.48. The number of anilines is 1. The first kappa shape index (κ1) is 17.8. The number of H-pyrrole nitrogens is 1. The Morgan fingerprint density at radius 1 is 1.35 bits per heavy atom. The highest BCUT2D eigenvalue weighted by Crippen LogP contribution is 2.21. The second-order valence-electron chi connectivity index (χ2n) is 5.31. The molecule has 0 radical (unpaired) electrons. The molecule has 0 saturated carbocycles. The average molecular weight is 377 g/mol. The number of aromatic nitrogens is 3. The number of carbonyl (C=O) groups excluding carboxylic acids is 2. The highest BCUT2D eigenvalue weighted by atomic mass is 35.5. The molecular weight excluding hydrogens is 363 g/mol. The molecule has 9 heteroatoms. The van der Waals surface area contributed by atoms with Crippen molar-refractivity contribution in [2.45, 2.75) is 13.3 Å². The Labute approximate surface area is 152 Å². The van der Waals surface area contributed by atoms with Crippen molar-refractivity contribution in [2.75, 3.05) is 11.9 Å². The normalized spacial score (nSPS) is 10.7. The van der Waals surface area contributed by atoms with E-state index in [2.05, 4.69) is 20.3 Å². The van der Waals surface area contributed by atoms with Crippen molar-refractivity contribution < 1.29 is 18.7 Å². The summed E-state index contributed by atoms with van der Waals surface area (Å²) in [7, 11) is 0. The lowest BCUT2D eigenvalue weighted by Gasteiger charge is -2.06. The van der Waals surface area contributed by atoms with Crippen LogP contribution in [0.2, 0.25) is 5.02 Å². The zero-order chi connectivity index (χ0) is 18.7. The fraction of sp³-hybridized carbons (Fsp3) is 0.176. The van der Waals surface area contributed by atoms with Crippen LogP contribution in [0.15, 0.2) is 30.5 Å². The Bertz CT molecular complexity index is 989. The first-order valence-corrected chi connectivity index (χ1v) is 8.11. The number of benzene rings is 1. The van der Waals surface area contributed by atoms with Gasteiger partial charge in [0.25, 0.3) is 5.91 Å². The van der Waals surface area contributed by atoms with Crippen LogP contribution >= 0.6 is 11.6 Å². The fourth-order valence-electron chi connectivity index (χ4n) is 2.35. The number of pyridine rings is 1. The van der Waals surface area contributed by atoms with Gasteiger partial charge in [0.2, 0.25) is 0 Å². The zero-order valence-electron chi connectivity index (χ0n) is 13.7. The van der Waals surface area contributed by atoms with Gasteiger partial charge in [-0.3, -0.25) is 9.59 Å². The minimum Gasteiger partial charge on any atom is -0.466 e. The number of rotatable bonds is 5. The number of hydrogen-bond donors (Lipinski definition) is 2. The van der Waals surface area contributed by atoms with Gasteiger partial charge in [-0.25, -0.2) is 14.4 Å². The van der Waals surface area contributed by atoms with Gasteiger partial charge in [0.05, 0.1) is 22.7 Å². The topological polar surface area (TPSA) is 97.0 Å². The number of aromatic amines is 1. The lowest BCUT2D eigenvalue weighted by atomic mass is 10.2. The third-order valence-corrected chi connectivity index (χ3v) is 3.77. The van der Waals surface area contributed by atoms with E-state index in [-0.39, 0.29) is 23.6 Å². The lowest BCUT2D eigenvalue weighted by molar-refractivity contribution is -0.142. The first-order chi connectivity index (χ1) is 12.5. The number of imidazole rings is 1. The molecule has 0 aliphatic heterocycles. The zero-order valence-corrected chi connectivity index (χ0v) is 14.4. The van der Waals surface area contributed by atoms with Crippen LogP contribution in [-0.2, 0) is 16.0 Å². The summed E-state index contributed by atoms with van der Waals surface area (Å²) in [6.45, 7) is 1.98. The predicted octanol–water partition coefficient (Wildman–Crippen LogP) is 3.11. The monoisotopic (exact) mass is 376 g/mol. The van der Waals surface area contributed by atoms with Crippen LogP contribution in [0.3, 0.4) is 0 Å². The fourth-order valence-corrected chi connectivity index (χ4v) is 2.53. The summed E-state index contributed by atoms with van der Waals surface area (Å²) in [5, 5.41) is 2.54. The smallest absolute Gasteiger partial charge is 0.313 e. The number of nitrogens with one attached hydrogen (secondary N) is 2. The van der Waals surface area contributed by atoms with Crippen LogP contribution < -0.4 is 5.32 Å². The number of esters is 1. The summed E-state index contributed by atoms with van der Waals surface area (Å²) >= 11 is 5.72. The molecule has 3 rings (SSSR count). The van der Waals surface area contributed by atoms with E-state index in [1.807, 2.05) is 0 Å². The van der Waals surface area contributed by atoms with Crippen molar-refractivity contribution in [3.8, 4) is 0 Å².